The van der Waals surface area contributed by atoms with E-state index in [0.717, 1.165) is 44.2 Å². The highest BCUT2D eigenvalue weighted by Crippen LogP contribution is 2.27. The van der Waals surface area contributed by atoms with E-state index in [4.69, 9.17) is 9.52 Å². The summed E-state index contributed by atoms with van der Waals surface area (Å²) in [6.07, 6.45) is 6.54. The van der Waals surface area contributed by atoms with Crippen molar-refractivity contribution in [1.82, 2.24) is 4.90 Å². The molecule has 0 spiro atoms. The summed E-state index contributed by atoms with van der Waals surface area (Å²) in [5, 5.41) is 9.02. The predicted molar refractivity (Wildman–Crippen MR) is 87.5 cm³/mol. The van der Waals surface area contributed by atoms with Crippen molar-refractivity contribution in [3.8, 4) is 0 Å². The van der Waals surface area contributed by atoms with E-state index >= 15 is 0 Å². The van der Waals surface area contributed by atoms with E-state index in [-0.39, 0.29) is 24.1 Å². The minimum atomic E-state index is -0.983. The van der Waals surface area contributed by atoms with Crippen LogP contribution >= 0.6 is 0 Å². The summed E-state index contributed by atoms with van der Waals surface area (Å²) in [5.74, 6) is -0.257. The summed E-state index contributed by atoms with van der Waals surface area (Å²) in [4.78, 5) is 26.1. The van der Waals surface area contributed by atoms with Crippen molar-refractivity contribution in [3.63, 3.8) is 0 Å². The number of hydrogen-bond acceptors (Lipinski definition) is 3. The first-order valence-corrected chi connectivity index (χ1v) is 8.49. The molecule has 1 fully saturated rings. The molecule has 2 heterocycles. The van der Waals surface area contributed by atoms with E-state index in [2.05, 4.69) is 13.8 Å². The van der Waals surface area contributed by atoms with Gasteiger partial charge in [0.1, 0.15) is 12.2 Å². The van der Waals surface area contributed by atoms with Crippen LogP contribution in [0.4, 0.5) is 0 Å². The van der Waals surface area contributed by atoms with E-state index in [1.54, 1.807) is 6.92 Å². The SMILES string of the molecule is Cc1coc(CC(=O)O)c1C(=O)N1CCCCCC1CC(C)C. The average Bonchev–Trinajstić information content (AvgIpc) is 2.68. The van der Waals surface area contributed by atoms with E-state index in [0.29, 0.717) is 11.5 Å². The van der Waals surface area contributed by atoms with Crippen molar-refractivity contribution in [2.45, 2.75) is 65.3 Å². The van der Waals surface area contributed by atoms with Crippen molar-refractivity contribution >= 4 is 11.9 Å². The Morgan fingerprint density at radius 1 is 1.35 bits per heavy atom. The van der Waals surface area contributed by atoms with Crippen LogP contribution in [0.15, 0.2) is 10.7 Å². The highest BCUT2D eigenvalue weighted by Gasteiger charge is 2.30. The molecule has 1 aliphatic rings. The fourth-order valence-electron chi connectivity index (χ4n) is 3.43. The summed E-state index contributed by atoms with van der Waals surface area (Å²) < 4.78 is 5.34. The zero-order valence-electron chi connectivity index (χ0n) is 14.3. The quantitative estimate of drug-likeness (QED) is 0.898. The van der Waals surface area contributed by atoms with Crippen molar-refractivity contribution < 1.29 is 19.1 Å². The van der Waals surface area contributed by atoms with Crippen LogP contribution in [0.1, 0.15) is 67.6 Å². The van der Waals surface area contributed by atoms with Gasteiger partial charge in [-0.25, -0.2) is 0 Å². The number of rotatable bonds is 5. The molecule has 1 amide bonds. The smallest absolute Gasteiger partial charge is 0.311 e. The molecule has 0 saturated carbocycles. The third-order valence-electron chi connectivity index (χ3n) is 4.46. The molecule has 1 atom stereocenters. The maximum absolute atomic E-state index is 13.1. The predicted octanol–water partition coefficient (Wildman–Crippen LogP) is 3.65. The molecule has 0 radical (unpaired) electrons. The number of hydrogen-bond donors (Lipinski definition) is 1. The lowest BCUT2D eigenvalue weighted by Crippen LogP contribution is -2.41. The highest BCUT2D eigenvalue weighted by molar-refractivity contribution is 5.97. The van der Waals surface area contributed by atoms with Gasteiger partial charge in [-0.2, -0.15) is 0 Å². The van der Waals surface area contributed by atoms with Crippen LogP contribution in [0.5, 0.6) is 0 Å². The molecule has 0 aromatic carbocycles. The largest absolute Gasteiger partial charge is 0.481 e. The van der Waals surface area contributed by atoms with Gasteiger partial charge in [0.15, 0.2) is 0 Å². The van der Waals surface area contributed by atoms with Crippen LogP contribution in [0, 0.1) is 12.8 Å². The number of carbonyl (C=O) groups excluding carboxylic acids is 1. The fraction of sp³-hybridized carbons (Fsp3) is 0.667. The molecule has 1 aliphatic heterocycles. The van der Waals surface area contributed by atoms with Gasteiger partial charge in [-0.3, -0.25) is 9.59 Å². The summed E-state index contributed by atoms with van der Waals surface area (Å²) in [6.45, 7) is 6.89. The van der Waals surface area contributed by atoms with Crippen LogP contribution < -0.4 is 0 Å². The van der Waals surface area contributed by atoms with Gasteiger partial charge in [0.2, 0.25) is 0 Å². The molecule has 0 bridgehead atoms. The van der Waals surface area contributed by atoms with Crippen molar-refractivity contribution in [2.75, 3.05) is 6.54 Å². The van der Waals surface area contributed by atoms with Crippen molar-refractivity contribution in [3.05, 3.63) is 23.2 Å². The van der Waals surface area contributed by atoms with Gasteiger partial charge in [0.05, 0.1) is 11.8 Å². The first-order valence-electron chi connectivity index (χ1n) is 8.49. The second-order valence-electron chi connectivity index (χ2n) is 6.92. The fourth-order valence-corrected chi connectivity index (χ4v) is 3.43. The number of carbonyl (C=O) groups is 2. The van der Waals surface area contributed by atoms with Crippen LogP contribution in [-0.2, 0) is 11.2 Å². The Hall–Kier alpha value is -1.78. The Labute approximate surface area is 137 Å². The number of aliphatic carboxylic acids is 1. The summed E-state index contributed by atoms with van der Waals surface area (Å²) >= 11 is 0. The van der Waals surface area contributed by atoms with Gasteiger partial charge in [-0.1, -0.05) is 26.7 Å². The van der Waals surface area contributed by atoms with Gasteiger partial charge < -0.3 is 14.4 Å². The molecule has 0 aliphatic carbocycles. The molecule has 1 aromatic rings. The Morgan fingerprint density at radius 2 is 2.09 bits per heavy atom. The molecule has 1 saturated heterocycles. The minimum absolute atomic E-state index is 0.0694. The molecule has 2 rings (SSSR count). The van der Waals surface area contributed by atoms with Gasteiger partial charge in [-0.05, 0) is 32.1 Å². The normalized spacial score (nSPS) is 19.0. The molecule has 1 aromatic heterocycles. The lowest BCUT2D eigenvalue weighted by molar-refractivity contribution is -0.136. The van der Waals surface area contributed by atoms with Crippen molar-refractivity contribution in [2.24, 2.45) is 5.92 Å². The summed E-state index contributed by atoms with van der Waals surface area (Å²) in [6, 6.07) is 0.233. The van der Waals surface area contributed by atoms with Gasteiger partial charge >= 0.3 is 5.97 Å². The first kappa shape index (κ1) is 17.6. The van der Waals surface area contributed by atoms with Crippen LogP contribution in [0.25, 0.3) is 0 Å². The number of furan rings is 1. The zero-order valence-corrected chi connectivity index (χ0v) is 14.3. The third-order valence-corrected chi connectivity index (χ3v) is 4.46. The second kappa shape index (κ2) is 7.66. The first-order chi connectivity index (χ1) is 10.9. The molecular weight excluding hydrogens is 294 g/mol. The van der Waals surface area contributed by atoms with Gasteiger partial charge in [0.25, 0.3) is 5.91 Å². The minimum Gasteiger partial charge on any atom is -0.481 e. The third kappa shape index (κ3) is 4.36. The lowest BCUT2D eigenvalue weighted by Gasteiger charge is -2.31. The van der Waals surface area contributed by atoms with E-state index in [9.17, 15) is 9.59 Å². The number of likely N-dealkylation sites (tertiary alicyclic amines) is 1. The molecule has 23 heavy (non-hydrogen) atoms. The summed E-state index contributed by atoms with van der Waals surface area (Å²) in [7, 11) is 0. The zero-order chi connectivity index (χ0) is 17.0. The Kier molecular flexibility index (Phi) is 5.85. The monoisotopic (exact) mass is 321 g/mol. The maximum atomic E-state index is 13.1. The van der Waals surface area contributed by atoms with Crippen LogP contribution in [-0.4, -0.2) is 34.5 Å². The number of aryl methyl sites for hydroxylation is 1. The number of nitrogens with zero attached hydrogens (tertiary/aromatic N) is 1. The molecule has 5 heteroatoms. The molecule has 1 unspecified atom stereocenters. The van der Waals surface area contributed by atoms with E-state index in [1.165, 1.54) is 6.26 Å². The second-order valence-corrected chi connectivity index (χ2v) is 6.92. The number of carboxylic acid groups (broad SMARTS) is 1. The Bertz CT molecular complexity index is 561. The topological polar surface area (TPSA) is 70.7 Å². The Morgan fingerprint density at radius 3 is 2.74 bits per heavy atom. The lowest BCUT2D eigenvalue weighted by atomic mass is 9.97. The summed E-state index contributed by atoms with van der Waals surface area (Å²) in [5.41, 5.74) is 1.17. The van der Waals surface area contributed by atoms with E-state index in [1.807, 2.05) is 4.90 Å². The molecule has 1 N–H and O–H groups in total. The van der Waals surface area contributed by atoms with Gasteiger partial charge in [0, 0.05) is 18.2 Å². The molecular formula is C18H27NO4. The maximum Gasteiger partial charge on any atom is 0.311 e. The van der Waals surface area contributed by atoms with Crippen LogP contribution in [0.3, 0.4) is 0 Å². The molecule has 5 nitrogen and oxygen atoms in total. The highest BCUT2D eigenvalue weighted by atomic mass is 16.4. The average molecular weight is 321 g/mol. The standard InChI is InChI=1S/C18H27NO4/c1-12(2)9-14-7-5-4-6-8-19(14)18(22)17-13(3)11-23-15(17)10-16(20)21/h11-12,14H,4-10H2,1-3H3,(H,20,21). The van der Waals surface area contributed by atoms with E-state index < -0.39 is 5.97 Å². The number of amides is 1. The van der Waals surface area contributed by atoms with Gasteiger partial charge in [-0.15, -0.1) is 0 Å². The van der Waals surface area contributed by atoms with Crippen molar-refractivity contribution in [1.29, 1.82) is 0 Å². The van der Waals surface area contributed by atoms with Crippen LogP contribution in [0.2, 0.25) is 0 Å². The number of carboxylic acids is 1. The molecule has 128 valence electrons. The Balaban J connectivity index is 2.28.